The van der Waals surface area contributed by atoms with Crippen LogP contribution < -0.4 is 5.73 Å². The van der Waals surface area contributed by atoms with Crippen molar-refractivity contribution in [3.8, 4) is 11.3 Å². The van der Waals surface area contributed by atoms with Crippen molar-refractivity contribution in [1.29, 1.82) is 0 Å². The van der Waals surface area contributed by atoms with Crippen LogP contribution in [0.25, 0.3) is 11.3 Å². The summed E-state index contributed by atoms with van der Waals surface area (Å²) < 4.78 is 80.8. The molecule has 0 fully saturated rings. The van der Waals surface area contributed by atoms with Gasteiger partial charge in [-0.15, -0.1) is 0 Å². The molecule has 3 nitrogen and oxygen atoms in total. The molecule has 0 atom stereocenters. The highest BCUT2D eigenvalue weighted by Crippen LogP contribution is 2.37. The van der Waals surface area contributed by atoms with Gasteiger partial charge in [-0.2, -0.15) is 26.3 Å². The predicted octanol–water partition coefficient (Wildman–Crippen LogP) is 5.96. The molecule has 164 valence electrons. The molecule has 3 rings (SSSR count). The Kier molecular flexibility index (Phi) is 5.64. The van der Waals surface area contributed by atoms with Gasteiger partial charge in [0.15, 0.2) is 0 Å². The summed E-state index contributed by atoms with van der Waals surface area (Å²) in [7, 11) is 0. The third kappa shape index (κ3) is 4.76. The summed E-state index contributed by atoms with van der Waals surface area (Å²) in [6.07, 6.45) is -9.89. The Labute approximate surface area is 174 Å². The van der Waals surface area contributed by atoms with Crippen LogP contribution in [0.3, 0.4) is 0 Å². The molecule has 0 saturated carbocycles. The number of benzene rings is 2. The van der Waals surface area contributed by atoms with Gasteiger partial charge >= 0.3 is 12.4 Å². The van der Waals surface area contributed by atoms with Crippen molar-refractivity contribution in [2.45, 2.75) is 32.7 Å². The molecule has 0 bridgehead atoms. The van der Waals surface area contributed by atoms with Gasteiger partial charge in [-0.05, 0) is 49.2 Å². The molecule has 2 aromatic carbocycles. The average Bonchev–Trinajstić information content (AvgIpc) is 2.97. The maximum absolute atomic E-state index is 13.2. The number of amides is 1. The van der Waals surface area contributed by atoms with E-state index < -0.39 is 29.4 Å². The summed E-state index contributed by atoms with van der Waals surface area (Å²) in [6, 6.07) is 10.0. The first-order chi connectivity index (χ1) is 14.3. The highest BCUT2D eigenvalue weighted by atomic mass is 19.4. The summed E-state index contributed by atoms with van der Waals surface area (Å²) in [5.41, 5.74) is 4.95. The molecule has 0 aliphatic carbocycles. The normalized spacial score (nSPS) is 12.3. The molecule has 0 aliphatic heterocycles. The molecule has 0 radical (unpaired) electrons. The number of hydrogen-bond acceptors (Lipinski definition) is 1. The van der Waals surface area contributed by atoms with Gasteiger partial charge < -0.3 is 10.3 Å². The molecular weight excluding hydrogens is 422 g/mol. The van der Waals surface area contributed by atoms with Gasteiger partial charge in [-0.25, -0.2) is 0 Å². The zero-order valence-corrected chi connectivity index (χ0v) is 16.5. The zero-order valence-electron chi connectivity index (χ0n) is 16.5. The van der Waals surface area contributed by atoms with E-state index in [4.69, 9.17) is 5.73 Å². The first-order valence-electron chi connectivity index (χ1n) is 9.12. The van der Waals surface area contributed by atoms with Crippen molar-refractivity contribution < 1.29 is 31.1 Å². The number of primary amides is 1. The average molecular weight is 440 g/mol. The van der Waals surface area contributed by atoms with Crippen molar-refractivity contribution in [2.24, 2.45) is 5.73 Å². The van der Waals surface area contributed by atoms with Gasteiger partial charge in [-0.1, -0.05) is 29.8 Å². The number of carbonyl (C=O) groups excluding carboxylic acids is 1. The van der Waals surface area contributed by atoms with Crippen LogP contribution in [0.1, 0.15) is 38.3 Å². The van der Waals surface area contributed by atoms with E-state index in [9.17, 15) is 31.1 Å². The SMILES string of the molecule is Cc1ccc(-c2cc(C(N)=O)c(C)n2Cc2cc(C(F)(F)F)cc(C(F)(F)F)c2)cc1. The number of aryl methyl sites for hydroxylation is 1. The van der Waals surface area contributed by atoms with E-state index in [1.807, 2.05) is 6.92 Å². The summed E-state index contributed by atoms with van der Waals surface area (Å²) in [6.45, 7) is 3.09. The summed E-state index contributed by atoms with van der Waals surface area (Å²) in [5.74, 6) is -0.746. The minimum Gasteiger partial charge on any atom is -0.366 e. The smallest absolute Gasteiger partial charge is 0.366 e. The maximum Gasteiger partial charge on any atom is 0.416 e. The quantitative estimate of drug-likeness (QED) is 0.501. The van der Waals surface area contributed by atoms with Crippen molar-refractivity contribution in [1.82, 2.24) is 4.57 Å². The number of alkyl halides is 6. The van der Waals surface area contributed by atoms with Crippen LogP contribution in [-0.4, -0.2) is 10.5 Å². The summed E-state index contributed by atoms with van der Waals surface area (Å²) >= 11 is 0. The largest absolute Gasteiger partial charge is 0.416 e. The molecule has 3 aromatic rings. The lowest BCUT2D eigenvalue weighted by atomic mass is 10.0. The van der Waals surface area contributed by atoms with Crippen LogP contribution in [0.15, 0.2) is 48.5 Å². The summed E-state index contributed by atoms with van der Waals surface area (Å²) in [4.78, 5) is 11.8. The molecule has 0 aliphatic rings. The number of hydrogen-bond donors (Lipinski definition) is 1. The topological polar surface area (TPSA) is 48.0 Å². The van der Waals surface area contributed by atoms with Gasteiger partial charge in [-0.3, -0.25) is 4.79 Å². The lowest BCUT2D eigenvalue weighted by molar-refractivity contribution is -0.143. The molecule has 31 heavy (non-hydrogen) atoms. The van der Waals surface area contributed by atoms with E-state index in [1.54, 1.807) is 24.3 Å². The second-order valence-corrected chi connectivity index (χ2v) is 7.26. The number of halogens is 6. The monoisotopic (exact) mass is 440 g/mol. The first kappa shape index (κ1) is 22.5. The Morgan fingerprint density at radius 2 is 1.39 bits per heavy atom. The van der Waals surface area contributed by atoms with Gasteiger partial charge in [0, 0.05) is 17.9 Å². The fourth-order valence-corrected chi connectivity index (χ4v) is 3.36. The molecular formula is C22H18F6N2O. The van der Waals surface area contributed by atoms with Crippen LogP contribution in [0.2, 0.25) is 0 Å². The van der Waals surface area contributed by atoms with Crippen LogP contribution in [-0.2, 0) is 18.9 Å². The summed E-state index contributed by atoms with van der Waals surface area (Å²) in [5, 5.41) is 0. The van der Waals surface area contributed by atoms with Gasteiger partial charge in [0.1, 0.15) is 0 Å². The highest BCUT2D eigenvalue weighted by molar-refractivity contribution is 5.95. The lowest BCUT2D eigenvalue weighted by Gasteiger charge is -2.17. The third-order valence-corrected chi connectivity index (χ3v) is 4.97. The number of nitrogens with two attached hydrogens (primary N) is 1. The Hall–Kier alpha value is -3.23. The van der Waals surface area contributed by atoms with Gasteiger partial charge in [0.25, 0.3) is 5.91 Å². The van der Waals surface area contributed by atoms with E-state index in [0.717, 1.165) is 5.56 Å². The fraction of sp³-hybridized carbons (Fsp3) is 0.227. The van der Waals surface area contributed by atoms with Crippen LogP contribution in [0.4, 0.5) is 26.3 Å². The number of nitrogens with zero attached hydrogens (tertiary/aromatic N) is 1. The third-order valence-electron chi connectivity index (χ3n) is 4.97. The van der Waals surface area contributed by atoms with Gasteiger partial charge in [0.05, 0.1) is 16.7 Å². The fourth-order valence-electron chi connectivity index (χ4n) is 3.36. The van der Waals surface area contributed by atoms with E-state index in [-0.39, 0.29) is 23.7 Å². The first-order valence-corrected chi connectivity index (χ1v) is 9.12. The number of aromatic nitrogens is 1. The van der Waals surface area contributed by atoms with E-state index in [2.05, 4.69) is 0 Å². The van der Waals surface area contributed by atoms with E-state index >= 15 is 0 Å². The van der Waals surface area contributed by atoms with Crippen LogP contribution in [0, 0.1) is 13.8 Å². The van der Waals surface area contributed by atoms with Crippen LogP contribution >= 0.6 is 0 Å². The zero-order chi connectivity index (χ0) is 23.1. The Balaban J connectivity index is 2.18. The molecule has 1 aromatic heterocycles. The standard InChI is InChI=1S/C22H18F6N2O/c1-12-3-5-15(6-4-12)19-10-18(20(29)31)13(2)30(19)11-14-7-16(21(23,24)25)9-17(8-14)22(26,27)28/h3-10H,11H2,1-2H3,(H2,29,31). The molecule has 0 spiro atoms. The lowest BCUT2D eigenvalue weighted by Crippen LogP contribution is -2.14. The number of carbonyl (C=O) groups is 1. The minimum absolute atomic E-state index is 0.0851. The Bertz CT molecular complexity index is 1090. The highest BCUT2D eigenvalue weighted by Gasteiger charge is 2.37. The van der Waals surface area contributed by atoms with Crippen molar-refractivity contribution in [3.05, 3.63) is 82.0 Å². The molecule has 1 heterocycles. The second kappa shape index (κ2) is 7.79. The van der Waals surface area contributed by atoms with Crippen LogP contribution in [0.5, 0.6) is 0 Å². The second-order valence-electron chi connectivity index (χ2n) is 7.26. The molecule has 0 saturated heterocycles. The predicted molar refractivity (Wildman–Crippen MR) is 103 cm³/mol. The van der Waals surface area contributed by atoms with Crippen molar-refractivity contribution in [3.63, 3.8) is 0 Å². The maximum atomic E-state index is 13.2. The van der Waals surface area contributed by atoms with Crippen molar-refractivity contribution in [2.75, 3.05) is 0 Å². The van der Waals surface area contributed by atoms with E-state index in [1.165, 1.54) is 17.6 Å². The molecule has 1 amide bonds. The molecule has 0 unspecified atom stereocenters. The Morgan fingerprint density at radius 1 is 0.871 bits per heavy atom. The molecule has 2 N–H and O–H groups in total. The Morgan fingerprint density at radius 3 is 1.84 bits per heavy atom. The van der Waals surface area contributed by atoms with Crippen molar-refractivity contribution >= 4 is 5.91 Å². The molecule has 9 heteroatoms. The van der Waals surface area contributed by atoms with E-state index in [0.29, 0.717) is 29.1 Å². The minimum atomic E-state index is -4.94. The van der Waals surface area contributed by atoms with Gasteiger partial charge in [0.2, 0.25) is 0 Å². The number of rotatable bonds is 4.